The summed E-state index contributed by atoms with van der Waals surface area (Å²) in [4.78, 5) is 2.10. The molecule has 0 spiro atoms. The molecule has 0 saturated carbocycles. The van der Waals surface area contributed by atoms with Gasteiger partial charge in [0.25, 0.3) is 0 Å². The first-order chi connectivity index (χ1) is 6.50. The van der Waals surface area contributed by atoms with E-state index in [0.29, 0.717) is 0 Å². The Morgan fingerprint density at radius 2 is 1.57 bits per heavy atom. The lowest BCUT2D eigenvalue weighted by Crippen LogP contribution is -2.10. The van der Waals surface area contributed by atoms with E-state index in [4.69, 9.17) is 0 Å². The molecular weight excluding hydrogens is 189 g/mol. The molecule has 0 bridgehead atoms. The van der Waals surface area contributed by atoms with Gasteiger partial charge < -0.3 is 0 Å². The van der Waals surface area contributed by atoms with Crippen molar-refractivity contribution < 1.29 is 0 Å². The Balaban J connectivity index is 3.09. The Bertz CT molecular complexity index is 330. The lowest BCUT2D eigenvalue weighted by Gasteiger charge is -2.07. The molecule has 0 N–H and O–H groups in total. The molecule has 0 atom stereocenters. The zero-order valence-corrected chi connectivity index (χ0v) is 10.5. The van der Waals surface area contributed by atoms with Crippen LogP contribution in [0.3, 0.4) is 0 Å². The van der Waals surface area contributed by atoms with Crippen LogP contribution in [-0.2, 0) is 0 Å². The van der Waals surface area contributed by atoms with Gasteiger partial charge in [0.15, 0.2) is 0 Å². The molecule has 1 aromatic carbocycles. The maximum Gasteiger partial charge on any atom is 0.00857 e. The van der Waals surface area contributed by atoms with Crippen LogP contribution in [0.5, 0.6) is 0 Å². The van der Waals surface area contributed by atoms with Gasteiger partial charge in [-0.2, -0.15) is 0 Å². The maximum absolute atomic E-state index is 2.25. The molecule has 0 heterocycles. The number of benzene rings is 1. The summed E-state index contributed by atoms with van der Waals surface area (Å²) in [7, 11) is 5.41. The molecule has 0 amide bonds. The van der Waals surface area contributed by atoms with Gasteiger partial charge in [0.1, 0.15) is 0 Å². The van der Waals surface area contributed by atoms with Crippen LogP contribution in [0.15, 0.2) is 12.1 Å². The minimum Gasteiger partial charge on any atom is -0.283 e. The Labute approximate surface area is 88.6 Å². The Morgan fingerprint density at radius 1 is 1.07 bits per heavy atom. The van der Waals surface area contributed by atoms with Crippen LogP contribution < -0.4 is 5.30 Å². The van der Waals surface area contributed by atoms with Crippen molar-refractivity contribution in [1.29, 1.82) is 0 Å². The second-order valence-corrected chi connectivity index (χ2v) is 4.89. The molecule has 0 aliphatic carbocycles. The van der Waals surface area contributed by atoms with Gasteiger partial charge in [-0.05, 0) is 46.0 Å². The molecule has 2 heteroatoms. The molecule has 0 unspecified atom stereocenters. The maximum atomic E-state index is 2.25. The summed E-state index contributed by atoms with van der Waals surface area (Å²) >= 11 is 0. The summed E-state index contributed by atoms with van der Waals surface area (Å²) in [6.45, 7) is 6.52. The van der Waals surface area contributed by atoms with Crippen LogP contribution in [0, 0.1) is 20.8 Å². The van der Waals surface area contributed by atoms with Crippen molar-refractivity contribution in [1.82, 2.24) is 4.90 Å². The first-order valence-corrected chi connectivity index (χ1v) is 5.75. The topological polar surface area (TPSA) is 3.24 Å². The monoisotopic (exact) mass is 207 g/mol. The summed E-state index contributed by atoms with van der Waals surface area (Å²) in [6.07, 6.45) is 0. The highest BCUT2D eigenvalue weighted by Crippen LogP contribution is 2.11. The van der Waals surface area contributed by atoms with Gasteiger partial charge >= 0.3 is 0 Å². The Hall–Kier alpha value is -0.650. The van der Waals surface area contributed by atoms with Crippen molar-refractivity contribution in [2.75, 3.05) is 14.1 Å². The van der Waals surface area contributed by atoms with Gasteiger partial charge in [0.05, 0.1) is 0 Å². The third-order valence-electron chi connectivity index (χ3n) is 2.05. The van der Waals surface area contributed by atoms with Crippen molar-refractivity contribution >= 4 is 19.4 Å². The Morgan fingerprint density at radius 3 is 2.00 bits per heavy atom. The molecule has 1 nitrogen and oxygen atoms in total. The van der Waals surface area contributed by atoms with Crippen molar-refractivity contribution in [3.63, 3.8) is 0 Å². The molecule has 0 fully saturated rings. The summed E-state index contributed by atoms with van der Waals surface area (Å²) in [5.74, 6) is 2.19. The first-order valence-electron chi connectivity index (χ1n) is 4.79. The highest BCUT2D eigenvalue weighted by atomic mass is 31.1. The molecule has 14 heavy (non-hydrogen) atoms. The molecule has 1 aromatic rings. The van der Waals surface area contributed by atoms with Crippen LogP contribution in [0.25, 0.3) is 0 Å². The number of aryl methyl sites for hydroxylation is 3. The minimum absolute atomic E-state index is 1.29. The molecule has 0 saturated heterocycles. The largest absolute Gasteiger partial charge is 0.283 e. The molecule has 0 aliphatic heterocycles. The molecule has 0 radical (unpaired) electrons. The number of rotatable bonds is 2. The highest BCUT2D eigenvalue weighted by molar-refractivity contribution is 7.47. The van der Waals surface area contributed by atoms with E-state index in [2.05, 4.69) is 57.8 Å². The average Bonchev–Trinajstić information content (AvgIpc) is 2.01. The van der Waals surface area contributed by atoms with Crippen molar-refractivity contribution in [3.8, 4) is 0 Å². The zero-order chi connectivity index (χ0) is 10.7. The van der Waals surface area contributed by atoms with Crippen LogP contribution in [0.2, 0.25) is 0 Å². The Kier molecular flexibility index (Phi) is 3.86. The second-order valence-electron chi connectivity index (χ2n) is 3.96. The number of nitrogens with zero attached hydrogens (tertiary/aromatic N) is 1. The smallest absolute Gasteiger partial charge is 0.00857 e. The van der Waals surface area contributed by atoms with E-state index in [0.717, 1.165) is 0 Å². The molecule has 1 rings (SSSR count). The van der Waals surface area contributed by atoms with E-state index in [-0.39, 0.29) is 0 Å². The quantitative estimate of drug-likeness (QED) is 0.673. The molecular formula is C12H18NP. The fourth-order valence-corrected chi connectivity index (χ4v) is 2.43. The second kappa shape index (κ2) is 4.72. The lowest BCUT2D eigenvalue weighted by atomic mass is 10.1. The van der Waals surface area contributed by atoms with Gasteiger partial charge in [-0.25, -0.2) is 0 Å². The fourth-order valence-electron chi connectivity index (χ4n) is 1.55. The van der Waals surface area contributed by atoms with E-state index in [1.807, 2.05) is 0 Å². The molecule has 0 aliphatic rings. The molecule has 76 valence electrons. The van der Waals surface area contributed by atoms with E-state index in [1.165, 1.54) is 30.2 Å². The van der Waals surface area contributed by atoms with Crippen LogP contribution in [-0.4, -0.2) is 24.9 Å². The normalized spacial score (nSPS) is 11.6. The third-order valence-corrected chi connectivity index (χ3v) is 3.59. The summed E-state index contributed by atoms with van der Waals surface area (Å²) in [6, 6.07) is 4.50. The summed E-state index contributed by atoms with van der Waals surface area (Å²) in [5, 5.41) is 1.43. The van der Waals surface area contributed by atoms with Gasteiger partial charge in [-0.15, -0.1) is 0 Å². The van der Waals surface area contributed by atoms with Gasteiger partial charge in [0.2, 0.25) is 0 Å². The third kappa shape index (κ3) is 2.94. The number of hydrogen-bond donors (Lipinski definition) is 0. The SMILES string of the molecule is Cc1cc(C)c(P=CN(C)C)c(C)c1. The van der Waals surface area contributed by atoms with Crippen LogP contribution >= 0.6 is 8.20 Å². The van der Waals surface area contributed by atoms with Crippen molar-refractivity contribution in [2.45, 2.75) is 20.8 Å². The summed E-state index contributed by atoms with van der Waals surface area (Å²) in [5.41, 5.74) is 4.13. The van der Waals surface area contributed by atoms with E-state index in [9.17, 15) is 0 Å². The standard InChI is InChI=1S/C12H18NP/c1-9-6-10(2)12(11(3)7-9)14-8-13(4)5/h6-8H,1-5H3. The van der Waals surface area contributed by atoms with E-state index < -0.39 is 0 Å². The molecule has 0 aromatic heterocycles. The van der Waals surface area contributed by atoms with Crippen LogP contribution in [0.1, 0.15) is 16.7 Å². The number of hydrogen-bond acceptors (Lipinski definition) is 0. The van der Waals surface area contributed by atoms with Crippen LogP contribution in [0.4, 0.5) is 0 Å². The van der Waals surface area contributed by atoms with E-state index >= 15 is 0 Å². The minimum atomic E-state index is 1.29. The van der Waals surface area contributed by atoms with Gasteiger partial charge in [-0.3, -0.25) is 4.90 Å². The first kappa shape index (κ1) is 11.4. The highest BCUT2D eigenvalue weighted by Gasteiger charge is 2.00. The average molecular weight is 207 g/mol. The fraction of sp³-hybridized carbons (Fsp3) is 0.417. The zero-order valence-electron chi connectivity index (χ0n) is 9.63. The predicted molar refractivity (Wildman–Crippen MR) is 67.0 cm³/mol. The van der Waals surface area contributed by atoms with E-state index in [1.54, 1.807) is 0 Å². The predicted octanol–water partition coefficient (Wildman–Crippen LogP) is 2.50. The van der Waals surface area contributed by atoms with Gasteiger partial charge in [-0.1, -0.05) is 25.9 Å². The van der Waals surface area contributed by atoms with Gasteiger partial charge in [0, 0.05) is 11.2 Å². The van der Waals surface area contributed by atoms with Crippen molar-refractivity contribution in [2.24, 2.45) is 0 Å². The van der Waals surface area contributed by atoms with Crippen molar-refractivity contribution in [3.05, 3.63) is 28.8 Å². The lowest BCUT2D eigenvalue weighted by molar-refractivity contribution is 0.653. The summed E-state index contributed by atoms with van der Waals surface area (Å²) < 4.78 is 0.